The molecule has 2 rings (SSSR count). The Morgan fingerprint density at radius 1 is 1.45 bits per heavy atom. The molecule has 1 aliphatic heterocycles. The molecular weight excluding hydrogens is 280 g/mol. The molecule has 0 radical (unpaired) electrons. The number of likely N-dealkylation sites (tertiary alicyclic amines) is 1. The first-order chi connectivity index (χ1) is 10.5. The summed E-state index contributed by atoms with van der Waals surface area (Å²) in [5, 5.41) is 9.23. The summed E-state index contributed by atoms with van der Waals surface area (Å²) in [5.74, 6) is 0.547. The quantitative estimate of drug-likeness (QED) is 0.889. The number of aromatic nitrogens is 1. The molecule has 1 saturated heterocycles. The van der Waals surface area contributed by atoms with Gasteiger partial charge in [-0.15, -0.1) is 0 Å². The second-order valence-corrected chi connectivity index (χ2v) is 6.32. The van der Waals surface area contributed by atoms with Gasteiger partial charge in [0.25, 0.3) is 11.5 Å². The third-order valence-corrected chi connectivity index (χ3v) is 4.85. The fourth-order valence-electron chi connectivity index (χ4n) is 3.19. The van der Waals surface area contributed by atoms with Crippen molar-refractivity contribution in [2.45, 2.75) is 40.0 Å². The van der Waals surface area contributed by atoms with Crippen LogP contribution in [-0.4, -0.2) is 40.6 Å². The fraction of sp³-hybridized carbons (Fsp3) is 0.647. The van der Waals surface area contributed by atoms with Gasteiger partial charge in [-0.05, 0) is 49.7 Å². The summed E-state index contributed by atoms with van der Waals surface area (Å²) in [6.45, 7) is 7.44. The highest BCUT2D eigenvalue weighted by molar-refractivity contribution is 5.94. The third-order valence-electron chi connectivity index (χ3n) is 4.85. The van der Waals surface area contributed by atoms with Gasteiger partial charge >= 0.3 is 0 Å². The van der Waals surface area contributed by atoms with Crippen molar-refractivity contribution in [3.8, 4) is 0 Å². The number of piperidine rings is 1. The van der Waals surface area contributed by atoms with Gasteiger partial charge in [0.15, 0.2) is 0 Å². The van der Waals surface area contributed by atoms with Crippen LogP contribution in [0.1, 0.15) is 48.3 Å². The van der Waals surface area contributed by atoms with Crippen LogP contribution in [-0.2, 0) is 6.42 Å². The lowest BCUT2D eigenvalue weighted by Crippen LogP contribution is -2.42. The van der Waals surface area contributed by atoms with E-state index in [9.17, 15) is 14.7 Å². The maximum Gasteiger partial charge on any atom is 0.261 e. The fourth-order valence-corrected chi connectivity index (χ4v) is 3.19. The molecule has 1 atom stereocenters. The molecule has 22 heavy (non-hydrogen) atoms. The number of hydrogen-bond acceptors (Lipinski definition) is 3. The van der Waals surface area contributed by atoms with E-state index in [2.05, 4.69) is 4.98 Å². The van der Waals surface area contributed by atoms with Gasteiger partial charge in [0.1, 0.15) is 5.56 Å². The number of carbonyl (C=O) groups excluding carboxylic acids is 1. The van der Waals surface area contributed by atoms with Crippen molar-refractivity contribution in [2.75, 3.05) is 19.7 Å². The second kappa shape index (κ2) is 7.09. The minimum absolute atomic E-state index is 0.179. The minimum atomic E-state index is -0.293. The third kappa shape index (κ3) is 3.40. The average Bonchev–Trinajstić information content (AvgIpc) is 2.55. The molecule has 5 heteroatoms. The Morgan fingerprint density at radius 3 is 2.64 bits per heavy atom. The van der Waals surface area contributed by atoms with E-state index in [1.54, 1.807) is 11.0 Å². The molecule has 1 aromatic rings. The first-order valence-electron chi connectivity index (χ1n) is 8.10. The van der Waals surface area contributed by atoms with Gasteiger partial charge in [-0.1, -0.05) is 13.8 Å². The van der Waals surface area contributed by atoms with Gasteiger partial charge in [-0.25, -0.2) is 0 Å². The number of aromatic amines is 1. The highest BCUT2D eigenvalue weighted by Gasteiger charge is 2.27. The normalized spacial score (nSPS) is 17.5. The molecule has 2 heterocycles. The number of H-pyrrole nitrogens is 1. The Labute approximate surface area is 131 Å². The SMILES string of the molecule is CCc1[nH]c(=O)c(C(=O)N2CCC(C(C)CO)CC2)cc1C. The number of amides is 1. The number of carbonyl (C=O) groups is 1. The van der Waals surface area contributed by atoms with E-state index < -0.39 is 0 Å². The maximum atomic E-state index is 12.6. The van der Waals surface area contributed by atoms with Crippen LogP contribution < -0.4 is 5.56 Å². The number of aryl methyl sites for hydroxylation is 2. The van der Waals surface area contributed by atoms with Crippen LogP contribution in [0.15, 0.2) is 10.9 Å². The van der Waals surface area contributed by atoms with E-state index in [0.717, 1.165) is 30.5 Å². The molecule has 122 valence electrons. The van der Waals surface area contributed by atoms with E-state index in [4.69, 9.17) is 0 Å². The highest BCUT2D eigenvalue weighted by atomic mass is 16.3. The van der Waals surface area contributed by atoms with Crippen LogP contribution in [0.3, 0.4) is 0 Å². The maximum absolute atomic E-state index is 12.6. The van der Waals surface area contributed by atoms with Crippen molar-refractivity contribution in [3.63, 3.8) is 0 Å². The van der Waals surface area contributed by atoms with Crippen molar-refractivity contribution in [2.24, 2.45) is 11.8 Å². The smallest absolute Gasteiger partial charge is 0.261 e. The molecule has 0 saturated carbocycles. The molecule has 5 nitrogen and oxygen atoms in total. The molecule has 2 N–H and O–H groups in total. The van der Waals surface area contributed by atoms with Crippen molar-refractivity contribution >= 4 is 5.91 Å². The summed E-state index contributed by atoms with van der Waals surface area (Å²) in [4.78, 5) is 29.3. The number of pyridine rings is 1. The van der Waals surface area contributed by atoms with Gasteiger partial charge in [0.05, 0.1) is 0 Å². The van der Waals surface area contributed by atoms with E-state index >= 15 is 0 Å². The molecule has 0 spiro atoms. The Hall–Kier alpha value is -1.62. The van der Waals surface area contributed by atoms with E-state index in [-0.39, 0.29) is 29.6 Å². The summed E-state index contributed by atoms with van der Waals surface area (Å²) in [6, 6.07) is 1.71. The average molecular weight is 306 g/mol. The standard InChI is InChI=1S/C17H26N2O3/c1-4-15-11(2)9-14(16(21)18-15)17(22)19-7-5-13(6-8-19)12(3)10-20/h9,12-13,20H,4-8,10H2,1-3H3,(H,18,21). The van der Waals surface area contributed by atoms with Gasteiger partial charge in [0.2, 0.25) is 0 Å². The van der Waals surface area contributed by atoms with Crippen molar-refractivity contribution < 1.29 is 9.90 Å². The number of nitrogens with one attached hydrogen (secondary N) is 1. The van der Waals surface area contributed by atoms with E-state index in [1.807, 2.05) is 20.8 Å². The van der Waals surface area contributed by atoms with E-state index in [1.165, 1.54) is 0 Å². The largest absolute Gasteiger partial charge is 0.396 e. The molecule has 0 aromatic carbocycles. The number of aliphatic hydroxyl groups excluding tert-OH is 1. The van der Waals surface area contributed by atoms with Crippen molar-refractivity contribution in [1.82, 2.24) is 9.88 Å². The number of rotatable bonds is 4. The first kappa shape index (κ1) is 16.7. The zero-order valence-electron chi connectivity index (χ0n) is 13.7. The predicted octanol–water partition coefficient (Wildman–Crippen LogP) is 1.73. The Morgan fingerprint density at radius 2 is 2.09 bits per heavy atom. The van der Waals surface area contributed by atoms with Crippen molar-refractivity contribution in [3.05, 3.63) is 33.2 Å². The zero-order chi connectivity index (χ0) is 16.3. The Kier molecular flexibility index (Phi) is 5.40. The van der Waals surface area contributed by atoms with Gasteiger partial charge < -0.3 is 15.0 Å². The summed E-state index contributed by atoms with van der Waals surface area (Å²) >= 11 is 0. The lowest BCUT2D eigenvalue weighted by molar-refractivity contribution is 0.0631. The van der Waals surface area contributed by atoms with Crippen LogP contribution >= 0.6 is 0 Å². The zero-order valence-corrected chi connectivity index (χ0v) is 13.7. The Bertz CT molecular complexity index is 586. The lowest BCUT2D eigenvalue weighted by Gasteiger charge is -2.34. The number of hydrogen-bond donors (Lipinski definition) is 2. The van der Waals surface area contributed by atoms with Crippen molar-refractivity contribution in [1.29, 1.82) is 0 Å². The summed E-state index contributed by atoms with van der Waals surface area (Å²) in [5.41, 5.74) is 1.79. The predicted molar refractivity (Wildman–Crippen MR) is 86.1 cm³/mol. The minimum Gasteiger partial charge on any atom is -0.396 e. The first-order valence-corrected chi connectivity index (χ1v) is 8.10. The van der Waals surface area contributed by atoms with Gasteiger partial charge in [0, 0.05) is 25.4 Å². The second-order valence-electron chi connectivity index (χ2n) is 6.32. The number of aliphatic hydroxyl groups is 1. The lowest BCUT2D eigenvalue weighted by atomic mass is 9.86. The molecule has 1 amide bonds. The van der Waals surface area contributed by atoms with Crippen LogP contribution in [0, 0.1) is 18.8 Å². The molecule has 1 aromatic heterocycles. The monoisotopic (exact) mass is 306 g/mol. The summed E-state index contributed by atoms with van der Waals surface area (Å²) < 4.78 is 0. The van der Waals surface area contributed by atoms with Crippen LogP contribution in [0.25, 0.3) is 0 Å². The molecule has 1 fully saturated rings. The van der Waals surface area contributed by atoms with Gasteiger partial charge in [-0.2, -0.15) is 0 Å². The molecule has 0 bridgehead atoms. The molecule has 0 aliphatic carbocycles. The summed E-state index contributed by atoms with van der Waals surface area (Å²) in [6.07, 6.45) is 2.52. The summed E-state index contributed by atoms with van der Waals surface area (Å²) in [7, 11) is 0. The molecular formula is C17H26N2O3. The molecule has 1 aliphatic rings. The van der Waals surface area contributed by atoms with Gasteiger partial charge in [-0.3, -0.25) is 9.59 Å². The van der Waals surface area contributed by atoms with Crippen LogP contribution in [0.5, 0.6) is 0 Å². The molecule has 1 unspecified atom stereocenters. The highest BCUT2D eigenvalue weighted by Crippen LogP contribution is 2.25. The van der Waals surface area contributed by atoms with E-state index in [0.29, 0.717) is 19.0 Å². The number of nitrogens with zero attached hydrogens (tertiary/aromatic N) is 1. The van der Waals surface area contributed by atoms with Crippen LogP contribution in [0.2, 0.25) is 0 Å². The van der Waals surface area contributed by atoms with Crippen LogP contribution in [0.4, 0.5) is 0 Å². The Balaban J connectivity index is 2.10. The topological polar surface area (TPSA) is 73.4 Å².